The molecule has 0 aliphatic heterocycles. The zero-order valence-corrected chi connectivity index (χ0v) is 9.82. The van der Waals surface area contributed by atoms with Crippen LogP contribution in [0.5, 0.6) is 0 Å². The molecule has 1 heterocycles. The van der Waals surface area contributed by atoms with Gasteiger partial charge < -0.3 is 4.74 Å². The molecule has 84 valence electrons. The van der Waals surface area contributed by atoms with E-state index >= 15 is 0 Å². The lowest BCUT2D eigenvalue weighted by Gasteiger charge is -2.00. The van der Waals surface area contributed by atoms with Crippen LogP contribution in [0.25, 0.3) is 0 Å². The Balaban J connectivity index is 2.64. The number of nitrogens with one attached hydrogen (secondary N) is 1. The lowest BCUT2D eigenvalue weighted by molar-refractivity contribution is 0.0957. The van der Waals surface area contributed by atoms with Gasteiger partial charge in [0.25, 0.3) is 5.91 Å². The molecule has 1 amide bonds. The molecule has 0 aromatic carbocycles. The van der Waals surface area contributed by atoms with Gasteiger partial charge in [0.2, 0.25) is 0 Å². The number of aryl methyl sites for hydroxylation is 1. The van der Waals surface area contributed by atoms with Crippen LogP contribution >= 0.6 is 11.3 Å². The van der Waals surface area contributed by atoms with Crippen molar-refractivity contribution in [2.45, 2.75) is 26.9 Å². The number of nitrogen functional groups attached to an aromatic ring is 1. The largest absolute Gasteiger partial charge is 0.377 e. The number of carbonyl (C=O) groups excluding carboxylic acids is 1. The lowest BCUT2D eigenvalue weighted by Crippen LogP contribution is -2.29. The van der Waals surface area contributed by atoms with Crippen molar-refractivity contribution in [1.82, 2.24) is 5.43 Å². The first-order valence-corrected chi connectivity index (χ1v) is 5.68. The van der Waals surface area contributed by atoms with Gasteiger partial charge in [-0.1, -0.05) is 6.92 Å². The summed E-state index contributed by atoms with van der Waals surface area (Å²) in [6.45, 7) is 5.35. The number of ether oxygens (including phenoxy) is 1. The van der Waals surface area contributed by atoms with E-state index in [-0.39, 0.29) is 5.91 Å². The summed E-state index contributed by atoms with van der Waals surface area (Å²) in [6, 6.07) is 1.83. The van der Waals surface area contributed by atoms with Gasteiger partial charge in [0.15, 0.2) is 0 Å². The zero-order chi connectivity index (χ0) is 11.3. The van der Waals surface area contributed by atoms with E-state index in [1.54, 1.807) is 0 Å². The van der Waals surface area contributed by atoms with Crippen LogP contribution in [0.1, 0.15) is 33.5 Å². The number of hydrogen-bond donors (Lipinski definition) is 2. The van der Waals surface area contributed by atoms with Crippen LogP contribution in [0.3, 0.4) is 0 Å². The van der Waals surface area contributed by atoms with Crippen LogP contribution in [0.15, 0.2) is 6.07 Å². The molecule has 0 spiro atoms. The molecular weight excluding hydrogens is 212 g/mol. The number of rotatable bonds is 5. The van der Waals surface area contributed by atoms with E-state index in [2.05, 4.69) is 12.3 Å². The first kappa shape index (κ1) is 12.2. The molecule has 0 aliphatic rings. The topological polar surface area (TPSA) is 64.3 Å². The minimum Gasteiger partial charge on any atom is -0.377 e. The maximum atomic E-state index is 11.2. The normalized spacial score (nSPS) is 10.3. The third-order valence-corrected chi connectivity index (χ3v) is 3.07. The first-order valence-electron chi connectivity index (χ1n) is 4.87. The number of thiophene rings is 1. The summed E-state index contributed by atoms with van der Waals surface area (Å²) >= 11 is 1.43. The van der Waals surface area contributed by atoms with Gasteiger partial charge in [-0.25, -0.2) is 5.84 Å². The zero-order valence-electron chi connectivity index (χ0n) is 9.00. The molecule has 3 N–H and O–H groups in total. The number of amides is 1. The molecule has 5 heteroatoms. The number of hydrazine groups is 1. The van der Waals surface area contributed by atoms with Gasteiger partial charge in [-0.05, 0) is 25.0 Å². The van der Waals surface area contributed by atoms with Crippen molar-refractivity contribution in [1.29, 1.82) is 0 Å². The molecule has 15 heavy (non-hydrogen) atoms. The second-order valence-corrected chi connectivity index (χ2v) is 4.47. The fourth-order valence-corrected chi connectivity index (χ4v) is 2.10. The van der Waals surface area contributed by atoms with Crippen molar-refractivity contribution in [3.05, 3.63) is 21.4 Å². The molecule has 0 radical (unpaired) electrons. The van der Waals surface area contributed by atoms with E-state index < -0.39 is 0 Å². The van der Waals surface area contributed by atoms with Crippen LogP contribution in [0, 0.1) is 6.92 Å². The standard InChI is InChI=1S/C10H16N2O2S/c1-3-4-14-6-8-5-9(10(13)12-11)15-7(8)2/h5H,3-4,6,11H2,1-2H3,(H,12,13). The summed E-state index contributed by atoms with van der Waals surface area (Å²) < 4.78 is 5.42. The van der Waals surface area contributed by atoms with E-state index in [0.29, 0.717) is 11.5 Å². The fraction of sp³-hybridized carbons (Fsp3) is 0.500. The maximum Gasteiger partial charge on any atom is 0.275 e. The van der Waals surface area contributed by atoms with Crippen molar-refractivity contribution in [2.24, 2.45) is 5.84 Å². The molecule has 0 aliphatic carbocycles. The summed E-state index contributed by atoms with van der Waals surface area (Å²) in [5, 5.41) is 0. The second kappa shape index (κ2) is 5.85. The number of carbonyl (C=O) groups is 1. The maximum absolute atomic E-state index is 11.2. The molecule has 0 saturated carbocycles. The minimum atomic E-state index is -0.246. The predicted octanol–water partition coefficient (Wildman–Crippen LogP) is 1.59. The summed E-state index contributed by atoms with van der Waals surface area (Å²) in [7, 11) is 0. The van der Waals surface area contributed by atoms with Gasteiger partial charge in [-0.15, -0.1) is 11.3 Å². The highest BCUT2D eigenvalue weighted by Gasteiger charge is 2.10. The highest BCUT2D eigenvalue weighted by molar-refractivity contribution is 7.14. The fourth-order valence-electron chi connectivity index (χ4n) is 1.17. The van der Waals surface area contributed by atoms with E-state index in [0.717, 1.165) is 23.5 Å². The Morgan fingerprint density at radius 1 is 1.67 bits per heavy atom. The van der Waals surface area contributed by atoms with Crippen molar-refractivity contribution >= 4 is 17.2 Å². The van der Waals surface area contributed by atoms with Crippen molar-refractivity contribution in [2.75, 3.05) is 6.61 Å². The van der Waals surface area contributed by atoms with E-state index in [4.69, 9.17) is 10.6 Å². The molecule has 0 bridgehead atoms. The van der Waals surface area contributed by atoms with Crippen molar-refractivity contribution < 1.29 is 9.53 Å². The minimum absolute atomic E-state index is 0.246. The predicted molar refractivity (Wildman–Crippen MR) is 60.7 cm³/mol. The van der Waals surface area contributed by atoms with Crippen LogP contribution in [0.4, 0.5) is 0 Å². The summed E-state index contributed by atoms with van der Waals surface area (Å²) in [5.41, 5.74) is 3.18. The number of hydrogen-bond acceptors (Lipinski definition) is 4. The van der Waals surface area contributed by atoms with Crippen molar-refractivity contribution in [3.8, 4) is 0 Å². The Morgan fingerprint density at radius 3 is 3.00 bits per heavy atom. The molecule has 1 aromatic rings. The highest BCUT2D eigenvalue weighted by Crippen LogP contribution is 2.22. The van der Waals surface area contributed by atoms with Crippen LogP contribution in [-0.2, 0) is 11.3 Å². The molecule has 0 unspecified atom stereocenters. The average molecular weight is 228 g/mol. The second-order valence-electron chi connectivity index (χ2n) is 3.22. The van der Waals surface area contributed by atoms with Gasteiger partial charge in [0.1, 0.15) is 0 Å². The molecule has 1 aromatic heterocycles. The van der Waals surface area contributed by atoms with Gasteiger partial charge in [-0.3, -0.25) is 10.2 Å². The lowest BCUT2D eigenvalue weighted by atomic mass is 10.2. The molecule has 4 nitrogen and oxygen atoms in total. The van der Waals surface area contributed by atoms with E-state index in [9.17, 15) is 4.79 Å². The Morgan fingerprint density at radius 2 is 2.40 bits per heavy atom. The molecule has 0 saturated heterocycles. The van der Waals surface area contributed by atoms with E-state index in [1.165, 1.54) is 11.3 Å². The van der Waals surface area contributed by atoms with Crippen LogP contribution < -0.4 is 11.3 Å². The highest BCUT2D eigenvalue weighted by atomic mass is 32.1. The van der Waals surface area contributed by atoms with Gasteiger partial charge >= 0.3 is 0 Å². The number of nitrogens with two attached hydrogens (primary N) is 1. The Labute approximate surface area is 93.4 Å². The summed E-state index contributed by atoms with van der Waals surface area (Å²) in [5.74, 6) is 4.82. The molecule has 1 rings (SSSR count). The summed E-state index contributed by atoms with van der Waals surface area (Å²) in [4.78, 5) is 13.0. The van der Waals surface area contributed by atoms with Gasteiger partial charge in [0, 0.05) is 11.5 Å². The third-order valence-electron chi connectivity index (χ3n) is 1.98. The Hall–Kier alpha value is -0.910. The monoisotopic (exact) mass is 228 g/mol. The molecule has 0 atom stereocenters. The van der Waals surface area contributed by atoms with Crippen molar-refractivity contribution in [3.63, 3.8) is 0 Å². The van der Waals surface area contributed by atoms with Crippen LogP contribution in [0.2, 0.25) is 0 Å². The Bertz CT molecular complexity index is 336. The smallest absolute Gasteiger partial charge is 0.275 e. The van der Waals surface area contributed by atoms with Gasteiger partial charge in [0.05, 0.1) is 11.5 Å². The first-order chi connectivity index (χ1) is 7.19. The van der Waals surface area contributed by atoms with E-state index in [1.807, 2.05) is 13.0 Å². The third kappa shape index (κ3) is 3.30. The molecule has 0 fully saturated rings. The quantitative estimate of drug-likeness (QED) is 0.348. The molecular formula is C10H16N2O2S. The Kier molecular flexibility index (Phi) is 4.74. The average Bonchev–Trinajstić information content (AvgIpc) is 2.60. The van der Waals surface area contributed by atoms with Crippen LogP contribution in [-0.4, -0.2) is 12.5 Å². The van der Waals surface area contributed by atoms with Gasteiger partial charge in [-0.2, -0.15) is 0 Å². The SMILES string of the molecule is CCCOCc1cc(C(=O)NN)sc1C. The summed E-state index contributed by atoms with van der Waals surface area (Å²) in [6.07, 6.45) is 0.999.